The van der Waals surface area contributed by atoms with Crippen LogP contribution in [-0.4, -0.2) is 51.8 Å². The summed E-state index contributed by atoms with van der Waals surface area (Å²) in [6, 6.07) is 13.0. The van der Waals surface area contributed by atoms with Gasteiger partial charge in [0.2, 0.25) is 11.8 Å². The number of nitrogens with zero attached hydrogens (tertiary/aromatic N) is 4. The Hall–Kier alpha value is -2.73. The molecule has 1 aromatic heterocycles. The molecule has 0 radical (unpaired) electrons. The average molecular weight is 475 g/mol. The number of anilines is 1. The number of benzene rings is 1. The number of para-hydroxylation sites is 1. The van der Waals surface area contributed by atoms with Crippen LogP contribution in [-0.2, 0) is 22.7 Å². The molecule has 1 aromatic carbocycles. The first-order chi connectivity index (χ1) is 17.1. The maximum atomic E-state index is 13.6. The topological polar surface area (TPSA) is 56.8 Å². The Labute approximate surface area is 209 Å². The largest absolute Gasteiger partial charge is 0.337 e. The van der Waals surface area contributed by atoms with E-state index in [1.807, 2.05) is 35.5 Å². The smallest absolute Gasteiger partial charge is 0.223 e. The quantitative estimate of drug-likeness (QED) is 0.626. The number of rotatable bonds is 5. The Morgan fingerprint density at radius 3 is 2.49 bits per heavy atom. The molecule has 35 heavy (non-hydrogen) atoms. The van der Waals surface area contributed by atoms with Crippen LogP contribution < -0.4 is 4.90 Å². The molecule has 2 fully saturated rings. The molecule has 0 unspecified atom stereocenters. The van der Waals surface area contributed by atoms with Crippen LogP contribution in [0.25, 0.3) is 0 Å². The third kappa shape index (κ3) is 5.58. The van der Waals surface area contributed by atoms with Crippen molar-refractivity contribution in [1.29, 1.82) is 0 Å². The number of fused-ring (bicyclic) bond motifs is 3. The molecule has 2 aliphatic heterocycles. The van der Waals surface area contributed by atoms with Crippen LogP contribution in [0.15, 0.2) is 48.8 Å². The molecule has 0 N–H and O–H groups in total. The molecule has 2 bridgehead atoms. The van der Waals surface area contributed by atoms with Crippen molar-refractivity contribution in [1.82, 2.24) is 14.8 Å². The third-order valence-electron chi connectivity index (χ3n) is 8.37. The van der Waals surface area contributed by atoms with Crippen LogP contribution in [0.3, 0.4) is 0 Å². The van der Waals surface area contributed by atoms with E-state index in [4.69, 9.17) is 0 Å². The second-order valence-electron chi connectivity index (χ2n) is 10.6. The van der Waals surface area contributed by atoms with Gasteiger partial charge in [0.05, 0.1) is 0 Å². The van der Waals surface area contributed by atoms with E-state index in [2.05, 4.69) is 33.0 Å². The predicted octanol–water partition coefficient (Wildman–Crippen LogP) is 4.78. The maximum absolute atomic E-state index is 13.6. The van der Waals surface area contributed by atoms with Gasteiger partial charge in [-0.3, -0.25) is 19.5 Å². The molecule has 3 aliphatic rings. The van der Waals surface area contributed by atoms with Crippen LogP contribution in [0.2, 0.25) is 0 Å². The number of amides is 2. The molecule has 3 heterocycles. The van der Waals surface area contributed by atoms with Crippen LogP contribution in [0, 0.1) is 5.92 Å². The first-order valence-electron chi connectivity index (χ1n) is 13.4. The minimum Gasteiger partial charge on any atom is -0.337 e. The molecule has 1 aliphatic carbocycles. The van der Waals surface area contributed by atoms with E-state index < -0.39 is 0 Å². The minimum absolute atomic E-state index is 0.0646. The number of hydrogen-bond donors (Lipinski definition) is 0. The van der Waals surface area contributed by atoms with E-state index in [0.717, 1.165) is 55.9 Å². The number of pyridine rings is 1. The lowest BCUT2D eigenvalue weighted by Gasteiger charge is -2.34. The van der Waals surface area contributed by atoms with E-state index in [-0.39, 0.29) is 11.8 Å². The molecular weight excluding hydrogens is 436 g/mol. The van der Waals surface area contributed by atoms with Crippen LogP contribution >= 0.6 is 0 Å². The van der Waals surface area contributed by atoms with Crippen molar-refractivity contribution in [2.75, 3.05) is 18.0 Å². The summed E-state index contributed by atoms with van der Waals surface area (Å²) in [7, 11) is 0. The van der Waals surface area contributed by atoms with Gasteiger partial charge in [-0.25, -0.2) is 0 Å². The lowest BCUT2D eigenvalue weighted by Crippen LogP contribution is -2.45. The van der Waals surface area contributed by atoms with Crippen LogP contribution in [0.4, 0.5) is 5.69 Å². The molecule has 2 atom stereocenters. The minimum atomic E-state index is 0.0646. The molecule has 2 aromatic rings. The second kappa shape index (κ2) is 10.9. The van der Waals surface area contributed by atoms with Crippen molar-refractivity contribution in [2.45, 2.75) is 83.5 Å². The highest BCUT2D eigenvalue weighted by Crippen LogP contribution is 2.34. The van der Waals surface area contributed by atoms with Gasteiger partial charge in [0.25, 0.3) is 0 Å². The monoisotopic (exact) mass is 474 g/mol. The Bertz CT molecular complexity index is 1020. The SMILES string of the molecule is CC(=O)N1CC[C@H]2CC[C@@H](CN(C(=O)CCC3CCC3)Cc3ccccc31)N2Cc1ccncc1. The third-order valence-corrected chi connectivity index (χ3v) is 8.37. The summed E-state index contributed by atoms with van der Waals surface area (Å²) in [5.41, 5.74) is 3.27. The van der Waals surface area contributed by atoms with E-state index in [1.165, 1.54) is 24.8 Å². The summed E-state index contributed by atoms with van der Waals surface area (Å²) < 4.78 is 0. The fourth-order valence-electron chi connectivity index (χ4n) is 6.09. The lowest BCUT2D eigenvalue weighted by molar-refractivity contribution is -0.133. The van der Waals surface area contributed by atoms with Crippen molar-refractivity contribution < 1.29 is 9.59 Å². The normalized spacial score (nSPS) is 23.3. The number of carbonyl (C=O) groups is 2. The van der Waals surface area contributed by atoms with Gasteiger partial charge >= 0.3 is 0 Å². The van der Waals surface area contributed by atoms with Gasteiger partial charge in [0.15, 0.2) is 0 Å². The Morgan fingerprint density at radius 2 is 1.74 bits per heavy atom. The average Bonchev–Trinajstić information content (AvgIpc) is 3.18. The van der Waals surface area contributed by atoms with Gasteiger partial charge in [-0.15, -0.1) is 0 Å². The van der Waals surface area contributed by atoms with E-state index >= 15 is 0 Å². The summed E-state index contributed by atoms with van der Waals surface area (Å²) in [6.07, 6.45) is 12.3. The summed E-state index contributed by atoms with van der Waals surface area (Å²) in [5, 5.41) is 0. The van der Waals surface area contributed by atoms with E-state index in [9.17, 15) is 9.59 Å². The van der Waals surface area contributed by atoms with E-state index in [1.54, 1.807) is 6.92 Å². The zero-order valence-electron chi connectivity index (χ0n) is 20.9. The highest BCUT2D eigenvalue weighted by molar-refractivity contribution is 5.92. The van der Waals surface area contributed by atoms with Crippen molar-refractivity contribution in [3.05, 3.63) is 59.9 Å². The summed E-state index contributed by atoms with van der Waals surface area (Å²) >= 11 is 0. The standard InChI is InChI=1S/C29H38N4O2/c1-22(34)32-18-15-26-10-11-27(33(26)19-24-13-16-30-17-14-24)21-31(20-25-7-2-3-8-28(25)32)29(35)12-9-23-5-4-6-23/h2-3,7-8,13-14,16-17,23,26-27H,4-6,9-12,15,18-21H2,1H3/t26-,27+/m1/s1. The molecule has 1 saturated heterocycles. The van der Waals surface area contributed by atoms with Crippen molar-refractivity contribution in [3.63, 3.8) is 0 Å². The maximum Gasteiger partial charge on any atom is 0.223 e. The van der Waals surface area contributed by atoms with Crippen molar-refractivity contribution in [3.8, 4) is 0 Å². The fourth-order valence-corrected chi connectivity index (χ4v) is 6.09. The molecular formula is C29H38N4O2. The Kier molecular flexibility index (Phi) is 7.47. The molecule has 2 amide bonds. The first kappa shape index (κ1) is 24.0. The zero-order chi connectivity index (χ0) is 24.2. The lowest BCUT2D eigenvalue weighted by atomic mass is 9.82. The zero-order valence-corrected chi connectivity index (χ0v) is 20.9. The second-order valence-corrected chi connectivity index (χ2v) is 10.6. The van der Waals surface area contributed by atoms with Gasteiger partial charge in [0.1, 0.15) is 0 Å². The molecule has 6 nitrogen and oxygen atoms in total. The molecule has 5 rings (SSSR count). The van der Waals surface area contributed by atoms with Gasteiger partial charge in [-0.1, -0.05) is 37.5 Å². The Morgan fingerprint density at radius 1 is 0.971 bits per heavy atom. The summed E-state index contributed by atoms with van der Waals surface area (Å²) in [5.74, 6) is 1.05. The van der Waals surface area contributed by atoms with Gasteiger partial charge in [-0.2, -0.15) is 0 Å². The molecule has 186 valence electrons. The van der Waals surface area contributed by atoms with Crippen LogP contribution in [0.1, 0.15) is 69.4 Å². The number of hydrogen-bond acceptors (Lipinski definition) is 4. The first-order valence-corrected chi connectivity index (χ1v) is 13.4. The number of carbonyl (C=O) groups excluding carboxylic acids is 2. The van der Waals surface area contributed by atoms with Crippen LogP contribution in [0.5, 0.6) is 0 Å². The summed E-state index contributed by atoms with van der Waals surface area (Å²) in [6.45, 7) is 4.53. The van der Waals surface area contributed by atoms with Crippen molar-refractivity contribution in [2.24, 2.45) is 5.92 Å². The summed E-state index contributed by atoms with van der Waals surface area (Å²) in [4.78, 5) is 37.1. The van der Waals surface area contributed by atoms with Gasteiger partial charge < -0.3 is 9.80 Å². The molecule has 1 saturated carbocycles. The van der Waals surface area contributed by atoms with E-state index in [0.29, 0.717) is 31.6 Å². The number of aromatic nitrogens is 1. The highest BCUT2D eigenvalue weighted by Gasteiger charge is 2.36. The fraction of sp³-hybridized carbons (Fsp3) is 0.552. The molecule has 0 spiro atoms. The van der Waals surface area contributed by atoms with Gasteiger partial charge in [0, 0.05) is 69.7 Å². The Balaban J connectivity index is 1.44. The molecule has 6 heteroatoms. The van der Waals surface area contributed by atoms with Crippen molar-refractivity contribution >= 4 is 17.5 Å². The predicted molar refractivity (Wildman–Crippen MR) is 138 cm³/mol. The van der Waals surface area contributed by atoms with Gasteiger partial charge in [-0.05, 0) is 60.9 Å². The highest BCUT2D eigenvalue weighted by atomic mass is 16.2.